The molecule has 22 heavy (non-hydrogen) atoms. The Morgan fingerprint density at radius 3 is 2.41 bits per heavy atom. The molecular formula is C15H12ClN3O2S. The normalized spacial score (nSPS) is 11.5. The number of halogens is 1. The van der Waals surface area contributed by atoms with Crippen molar-refractivity contribution in [3.63, 3.8) is 0 Å². The summed E-state index contributed by atoms with van der Waals surface area (Å²) in [6, 6.07) is 13.7. The Hall–Kier alpha value is -2.15. The topological polar surface area (TPSA) is 88.8 Å². The summed E-state index contributed by atoms with van der Waals surface area (Å²) in [7, 11) is -3.70. The fourth-order valence-corrected chi connectivity index (χ4v) is 2.89. The molecule has 3 aromatic rings. The third-order valence-corrected chi connectivity index (χ3v) is 4.40. The number of nitrogens with zero attached hydrogens (tertiary/aromatic N) is 1. The van der Waals surface area contributed by atoms with Gasteiger partial charge < -0.3 is 0 Å². The average Bonchev–Trinajstić information content (AvgIpc) is 2.96. The molecule has 0 bridgehead atoms. The Morgan fingerprint density at radius 2 is 1.77 bits per heavy atom. The van der Waals surface area contributed by atoms with Crippen LogP contribution in [0.25, 0.3) is 22.4 Å². The molecule has 0 spiro atoms. The largest absolute Gasteiger partial charge is 0.284 e. The first-order chi connectivity index (χ1) is 10.4. The van der Waals surface area contributed by atoms with Crippen molar-refractivity contribution >= 4 is 21.6 Å². The molecule has 0 amide bonds. The molecule has 0 aliphatic rings. The SMILES string of the molecule is NS(=O)(=O)c1ccc(-c2n[nH]cc2-c2cccc(Cl)c2)cc1. The van der Waals surface area contributed by atoms with Gasteiger partial charge in [0.15, 0.2) is 0 Å². The van der Waals surface area contributed by atoms with Crippen molar-refractivity contribution in [1.29, 1.82) is 0 Å². The van der Waals surface area contributed by atoms with Crippen LogP contribution in [0, 0.1) is 0 Å². The monoisotopic (exact) mass is 333 g/mol. The highest BCUT2D eigenvalue weighted by Gasteiger charge is 2.13. The van der Waals surface area contributed by atoms with Crippen LogP contribution in [0.5, 0.6) is 0 Å². The highest BCUT2D eigenvalue weighted by atomic mass is 35.5. The summed E-state index contributed by atoms with van der Waals surface area (Å²) in [5, 5.41) is 12.8. The number of benzene rings is 2. The Morgan fingerprint density at radius 1 is 1.05 bits per heavy atom. The standard InChI is InChI=1S/C15H12ClN3O2S/c16-12-3-1-2-11(8-12)14-9-18-19-15(14)10-4-6-13(7-5-10)22(17,20)21/h1-9H,(H,18,19)(H2,17,20,21). The van der Waals surface area contributed by atoms with Crippen molar-refractivity contribution in [2.45, 2.75) is 4.90 Å². The summed E-state index contributed by atoms with van der Waals surface area (Å²) in [5.74, 6) is 0. The van der Waals surface area contributed by atoms with Gasteiger partial charge in [-0.15, -0.1) is 0 Å². The molecule has 0 radical (unpaired) electrons. The van der Waals surface area contributed by atoms with Gasteiger partial charge in [-0.1, -0.05) is 35.9 Å². The predicted octanol–water partition coefficient (Wildman–Crippen LogP) is 3.04. The summed E-state index contributed by atoms with van der Waals surface area (Å²) in [4.78, 5) is 0.0658. The molecule has 0 aliphatic carbocycles. The van der Waals surface area contributed by atoms with Crippen LogP contribution >= 0.6 is 11.6 Å². The van der Waals surface area contributed by atoms with Gasteiger partial charge in [-0.2, -0.15) is 5.10 Å². The number of hydrogen-bond donors (Lipinski definition) is 2. The Bertz CT molecular complexity index is 918. The Kier molecular flexibility index (Phi) is 3.74. The first-order valence-corrected chi connectivity index (χ1v) is 8.30. The number of rotatable bonds is 3. The predicted molar refractivity (Wildman–Crippen MR) is 85.8 cm³/mol. The number of nitrogens with two attached hydrogens (primary N) is 1. The lowest BCUT2D eigenvalue weighted by molar-refractivity contribution is 0.598. The Labute approximate surface area is 132 Å². The molecular weight excluding hydrogens is 322 g/mol. The lowest BCUT2D eigenvalue weighted by Gasteiger charge is -2.04. The van der Waals surface area contributed by atoms with E-state index >= 15 is 0 Å². The number of H-pyrrole nitrogens is 1. The van der Waals surface area contributed by atoms with Crippen molar-refractivity contribution in [3.8, 4) is 22.4 Å². The lowest BCUT2D eigenvalue weighted by atomic mass is 10.0. The first kappa shape index (κ1) is 14.8. The number of nitrogens with one attached hydrogen (secondary N) is 1. The number of sulfonamides is 1. The second kappa shape index (κ2) is 5.57. The quantitative estimate of drug-likeness (QED) is 0.772. The third kappa shape index (κ3) is 2.89. The molecule has 5 nitrogen and oxygen atoms in total. The van der Waals surface area contributed by atoms with E-state index in [1.165, 1.54) is 12.1 Å². The van der Waals surface area contributed by atoms with E-state index in [0.717, 1.165) is 16.7 Å². The molecule has 1 heterocycles. The van der Waals surface area contributed by atoms with Crippen LogP contribution in [0.3, 0.4) is 0 Å². The van der Waals surface area contributed by atoms with Crippen molar-refractivity contribution in [2.24, 2.45) is 5.14 Å². The molecule has 0 aliphatic heterocycles. The van der Waals surface area contributed by atoms with Gasteiger partial charge >= 0.3 is 0 Å². The summed E-state index contributed by atoms with van der Waals surface area (Å²) >= 11 is 6.02. The van der Waals surface area contributed by atoms with E-state index in [1.54, 1.807) is 24.4 Å². The minimum absolute atomic E-state index is 0.0658. The van der Waals surface area contributed by atoms with E-state index in [1.807, 2.05) is 18.2 Å². The lowest BCUT2D eigenvalue weighted by Crippen LogP contribution is -2.11. The van der Waals surface area contributed by atoms with Gasteiger partial charge in [0.1, 0.15) is 0 Å². The van der Waals surface area contributed by atoms with Crippen LogP contribution in [0.2, 0.25) is 5.02 Å². The average molecular weight is 334 g/mol. The van der Waals surface area contributed by atoms with Crippen molar-refractivity contribution < 1.29 is 8.42 Å². The van der Waals surface area contributed by atoms with E-state index < -0.39 is 10.0 Å². The minimum atomic E-state index is -3.70. The van der Waals surface area contributed by atoms with E-state index in [0.29, 0.717) is 10.7 Å². The number of aromatic amines is 1. The molecule has 112 valence electrons. The highest BCUT2D eigenvalue weighted by Crippen LogP contribution is 2.31. The van der Waals surface area contributed by atoms with Gasteiger partial charge in [-0.3, -0.25) is 5.10 Å². The summed E-state index contributed by atoms with van der Waals surface area (Å²) in [5.41, 5.74) is 3.30. The highest BCUT2D eigenvalue weighted by molar-refractivity contribution is 7.89. The van der Waals surface area contributed by atoms with Gasteiger partial charge in [0.2, 0.25) is 10.0 Å². The maximum Gasteiger partial charge on any atom is 0.238 e. The minimum Gasteiger partial charge on any atom is -0.284 e. The van der Waals surface area contributed by atoms with Crippen molar-refractivity contribution in [3.05, 3.63) is 59.8 Å². The number of primary sulfonamides is 1. The molecule has 0 saturated carbocycles. The van der Waals surface area contributed by atoms with Crippen LogP contribution in [0.15, 0.2) is 59.6 Å². The second-order valence-corrected chi connectivity index (χ2v) is 6.73. The molecule has 2 aromatic carbocycles. The van der Waals surface area contributed by atoms with Gasteiger partial charge in [0, 0.05) is 22.3 Å². The smallest absolute Gasteiger partial charge is 0.238 e. The van der Waals surface area contributed by atoms with Gasteiger partial charge in [-0.05, 0) is 29.8 Å². The van der Waals surface area contributed by atoms with Gasteiger partial charge in [0.05, 0.1) is 10.6 Å². The van der Waals surface area contributed by atoms with Gasteiger partial charge in [0.25, 0.3) is 0 Å². The third-order valence-electron chi connectivity index (χ3n) is 3.23. The number of aromatic nitrogens is 2. The maximum atomic E-state index is 11.3. The molecule has 3 rings (SSSR count). The number of hydrogen-bond acceptors (Lipinski definition) is 3. The summed E-state index contributed by atoms with van der Waals surface area (Å²) in [6.45, 7) is 0. The molecule has 0 fully saturated rings. The van der Waals surface area contributed by atoms with Crippen LogP contribution < -0.4 is 5.14 Å². The van der Waals surface area contributed by atoms with Crippen LogP contribution in [0.4, 0.5) is 0 Å². The van der Waals surface area contributed by atoms with E-state index in [4.69, 9.17) is 16.7 Å². The molecule has 1 aromatic heterocycles. The van der Waals surface area contributed by atoms with Crippen LogP contribution in [0.1, 0.15) is 0 Å². The summed E-state index contributed by atoms with van der Waals surface area (Å²) in [6.07, 6.45) is 1.77. The van der Waals surface area contributed by atoms with E-state index in [9.17, 15) is 8.42 Å². The van der Waals surface area contributed by atoms with E-state index in [-0.39, 0.29) is 4.90 Å². The zero-order chi connectivity index (χ0) is 15.7. The van der Waals surface area contributed by atoms with Crippen molar-refractivity contribution in [2.75, 3.05) is 0 Å². The fourth-order valence-electron chi connectivity index (χ4n) is 2.19. The van der Waals surface area contributed by atoms with Crippen molar-refractivity contribution in [1.82, 2.24) is 10.2 Å². The van der Waals surface area contributed by atoms with Gasteiger partial charge in [-0.25, -0.2) is 13.6 Å². The first-order valence-electron chi connectivity index (χ1n) is 6.38. The van der Waals surface area contributed by atoms with Crippen LogP contribution in [-0.4, -0.2) is 18.6 Å². The van der Waals surface area contributed by atoms with E-state index in [2.05, 4.69) is 10.2 Å². The zero-order valence-electron chi connectivity index (χ0n) is 11.3. The second-order valence-electron chi connectivity index (χ2n) is 4.73. The molecule has 3 N–H and O–H groups in total. The Balaban J connectivity index is 2.06. The molecule has 7 heteroatoms. The molecule has 0 saturated heterocycles. The maximum absolute atomic E-state index is 11.3. The fraction of sp³-hybridized carbons (Fsp3) is 0. The molecule has 0 atom stereocenters. The zero-order valence-corrected chi connectivity index (χ0v) is 12.9. The van der Waals surface area contributed by atoms with Crippen LogP contribution in [-0.2, 0) is 10.0 Å². The summed E-state index contributed by atoms with van der Waals surface area (Å²) < 4.78 is 22.6. The molecule has 0 unspecified atom stereocenters.